The average Bonchev–Trinajstić information content (AvgIpc) is 2.34. The van der Waals surface area contributed by atoms with Crippen LogP contribution in [0.1, 0.15) is 31.9 Å². The molecule has 0 spiro atoms. The summed E-state index contributed by atoms with van der Waals surface area (Å²) in [7, 11) is -3.30. The normalized spacial score (nSPS) is 12.9. The molecule has 20 heavy (non-hydrogen) atoms. The van der Waals surface area contributed by atoms with Crippen molar-refractivity contribution in [2.75, 3.05) is 23.9 Å². The topological polar surface area (TPSA) is 75.3 Å². The maximum Gasteiger partial charge on any atom is 0.239 e. The molecular formula is C14H22N2O3S. The lowest BCUT2D eigenvalue weighted by molar-refractivity contribution is -0.113. The van der Waals surface area contributed by atoms with E-state index in [1.54, 1.807) is 12.1 Å². The Balaban J connectivity index is 2.60. The van der Waals surface area contributed by atoms with Gasteiger partial charge in [0.2, 0.25) is 5.91 Å². The van der Waals surface area contributed by atoms with Gasteiger partial charge in [-0.2, -0.15) is 0 Å². The summed E-state index contributed by atoms with van der Waals surface area (Å²) >= 11 is 0. The van der Waals surface area contributed by atoms with Crippen molar-refractivity contribution in [3.63, 3.8) is 0 Å². The van der Waals surface area contributed by atoms with E-state index in [4.69, 9.17) is 0 Å². The first kappa shape index (κ1) is 16.7. The lowest BCUT2D eigenvalue weighted by atomic mass is 10.1. The van der Waals surface area contributed by atoms with Crippen LogP contribution in [0.2, 0.25) is 0 Å². The minimum absolute atomic E-state index is 0.246. The molecule has 0 aliphatic rings. The largest absolute Gasteiger partial charge is 0.325 e. The number of sulfone groups is 1. The zero-order chi connectivity index (χ0) is 15.2. The second kappa shape index (κ2) is 7.40. The Hall–Kier alpha value is -1.40. The van der Waals surface area contributed by atoms with E-state index in [0.717, 1.165) is 24.8 Å². The van der Waals surface area contributed by atoms with E-state index in [9.17, 15) is 13.2 Å². The molecule has 0 fully saturated rings. The van der Waals surface area contributed by atoms with Gasteiger partial charge in [0.1, 0.15) is 5.75 Å². The van der Waals surface area contributed by atoms with Crippen LogP contribution in [-0.4, -0.2) is 32.9 Å². The van der Waals surface area contributed by atoms with Crippen molar-refractivity contribution in [1.82, 2.24) is 5.32 Å². The highest BCUT2D eigenvalue weighted by atomic mass is 32.2. The molecule has 1 atom stereocenters. The molecule has 0 aromatic heterocycles. The van der Waals surface area contributed by atoms with Crippen molar-refractivity contribution in [2.45, 2.75) is 26.3 Å². The number of nitrogens with one attached hydrogen (secondary N) is 2. The summed E-state index contributed by atoms with van der Waals surface area (Å²) < 4.78 is 22.0. The first-order chi connectivity index (χ1) is 9.31. The molecular weight excluding hydrogens is 276 g/mol. The average molecular weight is 298 g/mol. The summed E-state index contributed by atoms with van der Waals surface area (Å²) in [5, 5.41) is 5.94. The van der Waals surface area contributed by atoms with Crippen LogP contribution >= 0.6 is 0 Å². The quantitative estimate of drug-likeness (QED) is 0.804. The van der Waals surface area contributed by atoms with Gasteiger partial charge >= 0.3 is 0 Å². The standard InChI is InChI=1S/C14H22N2O3S/c1-4-9-15-11(2)12-5-7-13(8-6-12)16-14(17)10-20(3,18)19/h5-8,11,15H,4,9-10H2,1-3H3,(H,16,17). The highest BCUT2D eigenvalue weighted by molar-refractivity contribution is 7.91. The Kier molecular flexibility index (Phi) is 6.16. The van der Waals surface area contributed by atoms with Crippen LogP contribution in [0, 0.1) is 0 Å². The summed E-state index contributed by atoms with van der Waals surface area (Å²) in [5.41, 5.74) is 1.73. The first-order valence-corrected chi connectivity index (χ1v) is 8.69. The van der Waals surface area contributed by atoms with Gasteiger partial charge in [0.25, 0.3) is 0 Å². The lowest BCUT2D eigenvalue weighted by Gasteiger charge is -2.14. The van der Waals surface area contributed by atoms with E-state index in [1.165, 1.54) is 0 Å². The van der Waals surface area contributed by atoms with Gasteiger partial charge in [-0.15, -0.1) is 0 Å². The van der Waals surface area contributed by atoms with Crippen LogP contribution in [0.4, 0.5) is 5.69 Å². The van der Waals surface area contributed by atoms with Crippen molar-refractivity contribution in [1.29, 1.82) is 0 Å². The van der Waals surface area contributed by atoms with Gasteiger partial charge in [-0.25, -0.2) is 8.42 Å². The molecule has 1 unspecified atom stereocenters. The minimum atomic E-state index is -3.30. The molecule has 1 aromatic rings. The highest BCUT2D eigenvalue weighted by Crippen LogP contribution is 2.16. The monoisotopic (exact) mass is 298 g/mol. The van der Waals surface area contributed by atoms with Gasteiger partial charge < -0.3 is 10.6 Å². The predicted octanol–water partition coefficient (Wildman–Crippen LogP) is 1.73. The van der Waals surface area contributed by atoms with Gasteiger partial charge in [0.15, 0.2) is 9.84 Å². The number of hydrogen-bond donors (Lipinski definition) is 2. The number of benzene rings is 1. The molecule has 112 valence electrons. The van der Waals surface area contributed by atoms with Crippen molar-refractivity contribution >= 4 is 21.4 Å². The summed E-state index contributed by atoms with van der Waals surface area (Å²) in [4.78, 5) is 11.5. The fourth-order valence-corrected chi connectivity index (χ4v) is 2.32. The van der Waals surface area contributed by atoms with Crippen LogP contribution in [0.3, 0.4) is 0 Å². The molecule has 1 rings (SSSR count). The molecule has 0 heterocycles. The zero-order valence-electron chi connectivity index (χ0n) is 12.1. The molecule has 6 heteroatoms. The van der Waals surface area contributed by atoms with Crippen molar-refractivity contribution in [3.05, 3.63) is 29.8 Å². The van der Waals surface area contributed by atoms with Gasteiger partial charge in [-0.3, -0.25) is 4.79 Å². The number of amides is 1. The molecule has 0 aliphatic carbocycles. The molecule has 0 aliphatic heterocycles. The number of anilines is 1. The van der Waals surface area contributed by atoms with E-state index < -0.39 is 21.5 Å². The molecule has 0 bridgehead atoms. The maximum absolute atomic E-state index is 11.5. The van der Waals surface area contributed by atoms with Crippen LogP contribution in [0.25, 0.3) is 0 Å². The zero-order valence-corrected chi connectivity index (χ0v) is 13.0. The van der Waals surface area contributed by atoms with Gasteiger partial charge in [-0.1, -0.05) is 19.1 Å². The fraction of sp³-hybridized carbons (Fsp3) is 0.500. The Morgan fingerprint density at radius 1 is 1.25 bits per heavy atom. The van der Waals surface area contributed by atoms with Crippen molar-refractivity contribution in [2.24, 2.45) is 0 Å². The van der Waals surface area contributed by atoms with Crippen LogP contribution in [0.5, 0.6) is 0 Å². The van der Waals surface area contributed by atoms with E-state index in [2.05, 4.69) is 24.5 Å². The SMILES string of the molecule is CCCNC(C)c1ccc(NC(=O)CS(C)(=O)=O)cc1. The summed E-state index contributed by atoms with van der Waals surface area (Å²) in [6.45, 7) is 5.14. The Morgan fingerprint density at radius 2 is 1.85 bits per heavy atom. The molecule has 1 aromatic carbocycles. The van der Waals surface area contributed by atoms with Gasteiger partial charge in [-0.05, 0) is 37.6 Å². The van der Waals surface area contributed by atoms with Crippen LogP contribution in [0.15, 0.2) is 24.3 Å². The molecule has 1 amide bonds. The number of carbonyl (C=O) groups is 1. The summed E-state index contributed by atoms with van der Waals surface area (Å²) in [6, 6.07) is 7.64. The number of carbonyl (C=O) groups excluding carboxylic acids is 1. The van der Waals surface area contributed by atoms with Crippen LogP contribution in [-0.2, 0) is 14.6 Å². The third-order valence-corrected chi connectivity index (χ3v) is 3.57. The summed E-state index contributed by atoms with van der Waals surface area (Å²) in [6.07, 6.45) is 2.11. The smallest absolute Gasteiger partial charge is 0.239 e. The second-order valence-electron chi connectivity index (χ2n) is 4.92. The van der Waals surface area contributed by atoms with E-state index >= 15 is 0 Å². The maximum atomic E-state index is 11.5. The molecule has 5 nitrogen and oxygen atoms in total. The lowest BCUT2D eigenvalue weighted by Crippen LogP contribution is -2.22. The third-order valence-electron chi connectivity index (χ3n) is 2.79. The van der Waals surface area contributed by atoms with Crippen molar-refractivity contribution < 1.29 is 13.2 Å². The Morgan fingerprint density at radius 3 is 2.35 bits per heavy atom. The van der Waals surface area contributed by atoms with Gasteiger partial charge in [0, 0.05) is 18.0 Å². The number of rotatable bonds is 7. The molecule has 0 saturated carbocycles. The van der Waals surface area contributed by atoms with E-state index in [-0.39, 0.29) is 6.04 Å². The summed E-state index contributed by atoms with van der Waals surface area (Å²) in [5.74, 6) is -1.01. The number of hydrogen-bond acceptors (Lipinski definition) is 4. The van der Waals surface area contributed by atoms with Crippen molar-refractivity contribution in [3.8, 4) is 0 Å². The second-order valence-corrected chi connectivity index (χ2v) is 7.06. The molecule has 0 saturated heterocycles. The van der Waals surface area contributed by atoms with E-state index in [0.29, 0.717) is 5.69 Å². The third kappa shape index (κ3) is 6.16. The Labute approximate surface area is 120 Å². The minimum Gasteiger partial charge on any atom is -0.325 e. The van der Waals surface area contributed by atoms with Gasteiger partial charge in [0.05, 0.1) is 0 Å². The highest BCUT2D eigenvalue weighted by Gasteiger charge is 2.11. The predicted molar refractivity (Wildman–Crippen MR) is 81.5 cm³/mol. The Bertz CT molecular complexity index is 538. The fourth-order valence-electron chi connectivity index (χ4n) is 1.77. The van der Waals surface area contributed by atoms with E-state index in [1.807, 2.05) is 12.1 Å². The van der Waals surface area contributed by atoms with Crippen LogP contribution < -0.4 is 10.6 Å². The molecule has 0 radical (unpaired) electrons. The molecule has 2 N–H and O–H groups in total. The first-order valence-electron chi connectivity index (χ1n) is 6.62.